The number of hydrogen-bond acceptors (Lipinski definition) is 3. The Hall–Kier alpha value is -1.94. The zero-order valence-corrected chi connectivity index (χ0v) is 15.1. The average molecular weight is 339 g/mol. The van der Waals surface area contributed by atoms with E-state index in [1.165, 1.54) is 23.2 Å². The highest BCUT2D eigenvalue weighted by Crippen LogP contribution is 2.35. The summed E-state index contributed by atoms with van der Waals surface area (Å²) in [7, 11) is 2.17. The first kappa shape index (κ1) is 16.5. The first-order valence-corrected chi connectivity index (χ1v) is 9.32. The van der Waals surface area contributed by atoms with Gasteiger partial charge in [0, 0.05) is 31.9 Å². The fourth-order valence-corrected chi connectivity index (χ4v) is 3.96. The number of benzene rings is 1. The molecule has 0 amide bonds. The number of anilines is 1. The van der Waals surface area contributed by atoms with Crippen LogP contribution in [0.2, 0.25) is 0 Å². The monoisotopic (exact) mass is 339 g/mol. The lowest BCUT2D eigenvalue weighted by atomic mass is 9.83. The van der Waals surface area contributed by atoms with E-state index in [2.05, 4.69) is 29.8 Å². The predicted octanol–water partition coefficient (Wildman–Crippen LogP) is 3.76. The van der Waals surface area contributed by atoms with Crippen LogP contribution in [0.25, 0.3) is 11.1 Å². The van der Waals surface area contributed by atoms with Gasteiger partial charge in [-0.3, -0.25) is 0 Å². The minimum atomic E-state index is -0.181. The minimum Gasteiger partial charge on any atom is -0.354 e. The first-order chi connectivity index (χ1) is 12.1. The van der Waals surface area contributed by atoms with E-state index in [4.69, 9.17) is 4.98 Å². The van der Waals surface area contributed by atoms with Crippen LogP contribution in [-0.4, -0.2) is 43.1 Å². The van der Waals surface area contributed by atoms with E-state index in [0.717, 1.165) is 50.4 Å². The van der Waals surface area contributed by atoms with Gasteiger partial charge in [0.05, 0.1) is 0 Å². The Bertz CT molecular complexity index is 748. The maximum atomic E-state index is 13.4. The van der Waals surface area contributed by atoms with Crippen molar-refractivity contribution in [2.45, 2.75) is 26.2 Å². The van der Waals surface area contributed by atoms with Crippen LogP contribution < -0.4 is 4.90 Å². The van der Waals surface area contributed by atoms with Gasteiger partial charge >= 0.3 is 0 Å². The van der Waals surface area contributed by atoms with Gasteiger partial charge in [-0.1, -0.05) is 19.1 Å². The number of halogens is 1. The van der Waals surface area contributed by atoms with Gasteiger partial charge < -0.3 is 9.80 Å². The molecule has 132 valence electrons. The number of aromatic nitrogens is 1. The molecule has 1 aliphatic heterocycles. The third-order valence-corrected chi connectivity index (χ3v) is 5.61. The van der Waals surface area contributed by atoms with Crippen molar-refractivity contribution in [3.05, 3.63) is 47.4 Å². The molecule has 0 radical (unpaired) electrons. The molecule has 1 aliphatic carbocycles. The number of likely N-dealkylation sites (N-methyl/N-ethyl adjacent to an activating group) is 1. The Morgan fingerprint density at radius 1 is 1.08 bits per heavy atom. The molecule has 0 spiro atoms. The van der Waals surface area contributed by atoms with Crippen molar-refractivity contribution < 1.29 is 4.39 Å². The lowest BCUT2D eigenvalue weighted by Gasteiger charge is -2.34. The lowest BCUT2D eigenvalue weighted by Crippen LogP contribution is -2.45. The molecule has 1 aromatic carbocycles. The summed E-state index contributed by atoms with van der Waals surface area (Å²) in [6, 6.07) is 9.15. The number of hydrogen-bond donors (Lipinski definition) is 0. The zero-order chi connectivity index (χ0) is 17.4. The molecule has 3 nitrogen and oxygen atoms in total. The van der Waals surface area contributed by atoms with Gasteiger partial charge in [0.25, 0.3) is 0 Å². The van der Waals surface area contributed by atoms with E-state index in [1.807, 2.05) is 12.1 Å². The van der Waals surface area contributed by atoms with Crippen LogP contribution in [0.15, 0.2) is 30.3 Å². The van der Waals surface area contributed by atoms with Gasteiger partial charge in [-0.05, 0) is 67.1 Å². The molecule has 1 fully saturated rings. The van der Waals surface area contributed by atoms with Crippen molar-refractivity contribution >= 4 is 5.82 Å². The Balaban J connectivity index is 1.77. The van der Waals surface area contributed by atoms with Crippen molar-refractivity contribution in [2.24, 2.45) is 5.92 Å². The number of rotatable bonds is 2. The number of pyridine rings is 1. The Morgan fingerprint density at radius 2 is 1.80 bits per heavy atom. The van der Waals surface area contributed by atoms with Crippen LogP contribution in [0.1, 0.15) is 24.6 Å². The van der Waals surface area contributed by atoms with Crippen molar-refractivity contribution in [1.29, 1.82) is 0 Å². The first-order valence-electron chi connectivity index (χ1n) is 9.32. The summed E-state index contributed by atoms with van der Waals surface area (Å²) in [6.07, 6.45) is 3.32. The third kappa shape index (κ3) is 3.40. The molecule has 4 rings (SSSR count). The van der Waals surface area contributed by atoms with Crippen molar-refractivity contribution in [3.8, 4) is 11.1 Å². The van der Waals surface area contributed by atoms with E-state index in [9.17, 15) is 4.39 Å². The lowest BCUT2D eigenvalue weighted by molar-refractivity contribution is 0.312. The molecule has 0 saturated carbocycles. The topological polar surface area (TPSA) is 19.4 Å². The second kappa shape index (κ2) is 6.75. The van der Waals surface area contributed by atoms with Crippen LogP contribution in [0.3, 0.4) is 0 Å². The summed E-state index contributed by atoms with van der Waals surface area (Å²) >= 11 is 0. The second-order valence-corrected chi connectivity index (χ2v) is 7.60. The minimum absolute atomic E-state index is 0.181. The highest BCUT2D eigenvalue weighted by molar-refractivity contribution is 5.72. The highest BCUT2D eigenvalue weighted by Gasteiger charge is 2.24. The zero-order valence-electron chi connectivity index (χ0n) is 15.1. The summed E-state index contributed by atoms with van der Waals surface area (Å²) in [5, 5.41) is 0. The van der Waals surface area contributed by atoms with Crippen molar-refractivity contribution in [3.63, 3.8) is 0 Å². The van der Waals surface area contributed by atoms with Crippen LogP contribution in [0.4, 0.5) is 10.2 Å². The molecule has 1 aromatic heterocycles. The van der Waals surface area contributed by atoms with E-state index in [-0.39, 0.29) is 5.82 Å². The van der Waals surface area contributed by atoms with E-state index in [1.54, 1.807) is 12.1 Å². The normalized spacial score (nSPS) is 21.2. The van der Waals surface area contributed by atoms with Gasteiger partial charge in [-0.25, -0.2) is 9.37 Å². The van der Waals surface area contributed by atoms with Crippen LogP contribution in [-0.2, 0) is 12.8 Å². The maximum Gasteiger partial charge on any atom is 0.129 e. The summed E-state index contributed by atoms with van der Waals surface area (Å²) in [6.45, 7) is 6.48. The van der Waals surface area contributed by atoms with Gasteiger partial charge in [0.15, 0.2) is 0 Å². The number of aryl methyl sites for hydroxylation is 1. The Kier molecular flexibility index (Phi) is 4.46. The molecule has 0 N–H and O–H groups in total. The average Bonchev–Trinajstić information content (AvgIpc) is 2.62. The summed E-state index contributed by atoms with van der Waals surface area (Å²) in [4.78, 5) is 9.79. The molecule has 2 aromatic rings. The molecule has 1 unspecified atom stereocenters. The fraction of sp³-hybridized carbons (Fsp3) is 0.476. The van der Waals surface area contributed by atoms with E-state index < -0.39 is 0 Å². The number of fused-ring (bicyclic) bond motifs is 1. The third-order valence-electron chi connectivity index (χ3n) is 5.61. The Morgan fingerprint density at radius 3 is 2.52 bits per heavy atom. The van der Waals surface area contributed by atoms with Gasteiger partial charge in [-0.15, -0.1) is 0 Å². The van der Waals surface area contributed by atoms with Crippen LogP contribution >= 0.6 is 0 Å². The smallest absolute Gasteiger partial charge is 0.129 e. The molecule has 4 heteroatoms. The number of piperazine rings is 1. The second-order valence-electron chi connectivity index (χ2n) is 7.60. The summed E-state index contributed by atoms with van der Waals surface area (Å²) in [5.41, 5.74) is 4.95. The molecule has 25 heavy (non-hydrogen) atoms. The molecule has 0 bridgehead atoms. The van der Waals surface area contributed by atoms with Crippen molar-refractivity contribution in [2.75, 3.05) is 38.1 Å². The van der Waals surface area contributed by atoms with Crippen molar-refractivity contribution in [1.82, 2.24) is 9.88 Å². The molecule has 2 heterocycles. The summed E-state index contributed by atoms with van der Waals surface area (Å²) in [5.74, 6) is 1.59. The van der Waals surface area contributed by atoms with Gasteiger partial charge in [0.2, 0.25) is 0 Å². The predicted molar refractivity (Wildman–Crippen MR) is 101 cm³/mol. The highest BCUT2D eigenvalue weighted by atomic mass is 19.1. The molecule has 1 saturated heterocycles. The molecule has 2 aliphatic rings. The van der Waals surface area contributed by atoms with Crippen LogP contribution in [0.5, 0.6) is 0 Å². The molecular weight excluding hydrogens is 313 g/mol. The van der Waals surface area contributed by atoms with Gasteiger partial charge in [0.1, 0.15) is 11.6 Å². The SMILES string of the molecule is CC1CCc2nc(N3CCN(C)CC3)cc(-c3ccc(F)cc3)c2C1. The largest absolute Gasteiger partial charge is 0.354 e. The summed E-state index contributed by atoms with van der Waals surface area (Å²) < 4.78 is 13.4. The fourth-order valence-electron chi connectivity index (χ4n) is 3.96. The molecular formula is C21H26FN3. The maximum absolute atomic E-state index is 13.4. The van der Waals surface area contributed by atoms with E-state index >= 15 is 0 Å². The van der Waals surface area contributed by atoms with E-state index in [0.29, 0.717) is 5.92 Å². The quantitative estimate of drug-likeness (QED) is 0.830. The standard InChI is InChI=1S/C21H26FN3/c1-15-3-8-20-19(13-15)18(16-4-6-17(22)7-5-16)14-21(23-20)25-11-9-24(2)10-12-25/h4-7,14-15H,3,8-13H2,1-2H3. The van der Waals surface area contributed by atoms with Gasteiger partial charge in [-0.2, -0.15) is 0 Å². The number of nitrogens with zero attached hydrogens (tertiary/aromatic N) is 3. The molecule has 1 atom stereocenters. The van der Waals surface area contributed by atoms with Crippen LogP contribution in [0, 0.1) is 11.7 Å². The Labute approximate surface area is 149 Å².